The van der Waals surface area contributed by atoms with E-state index in [9.17, 15) is 0 Å². The van der Waals surface area contributed by atoms with Crippen molar-refractivity contribution in [2.24, 2.45) is 0 Å². The zero-order chi connectivity index (χ0) is 15.1. The molecule has 0 saturated carbocycles. The van der Waals surface area contributed by atoms with Gasteiger partial charge in [-0.2, -0.15) is 0 Å². The summed E-state index contributed by atoms with van der Waals surface area (Å²) in [6.45, 7) is 17.6. The Morgan fingerprint density at radius 3 is 1.32 bits per heavy atom. The summed E-state index contributed by atoms with van der Waals surface area (Å²) in [6, 6.07) is 0. The molecule has 0 unspecified atom stereocenters. The van der Waals surface area contributed by atoms with Crippen LogP contribution >= 0.6 is 0 Å². The Balaban J connectivity index is 3.11. The van der Waals surface area contributed by atoms with Crippen molar-refractivity contribution in [2.45, 2.75) is 52.8 Å². The predicted octanol–water partition coefficient (Wildman–Crippen LogP) is 2.69. The Bertz CT molecular complexity index is 315. The molecule has 0 aromatic heterocycles. The van der Waals surface area contributed by atoms with Crippen molar-refractivity contribution in [1.29, 1.82) is 0 Å². The monoisotopic (exact) mass is 339 g/mol. The third kappa shape index (κ3) is 4.86. The zero-order valence-electron chi connectivity index (χ0n) is 13.8. The molecule has 1 aliphatic rings. The molecular formula is C10H29NO4Si4. The molecule has 0 bridgehead atoms. The quantitative estimate of drug-likeness (QED) is 0.723. The minimum atomic E-state index is -2.43. The third-order valence-corrected chi connectivity index (χ3v) is 19.6. The lowest BCUT2D eigenvalue weighted by atomic mass is 10.8. The highest BCUT2D eigenvalue weighted by molar-refractivity contribution is 6.92. The van der Waals surface area contributed by atoms with Gasteiger partial charge in [-0.25, -0.2) is 0 Å². The van der Waals surface area contributed by atoms with Crippen molar-refractivity contribution in [3.05, 3.63) is 0 Å². The maximum atomic E-state index is 6.44. The Morgan fingerprint density at radius 2 is 1.00 bits per heavy atom. The van der Waals surface area contributed by atoms with Gasteiger partial charge in [0.15, 0.2) is 0 Å². The van der Waals surface area contributed by atoms with Crippen LogP contribution in [0.5, 0.6) is 0 Å². The molecular weight excluding hydrogens is 310 g/mol. The van der Waals surface area contributed by atoms with E-state index in [0.29, 0.717) is 0 Å². The van der Waals surface area contributed by atoms with Crippen LogP contribution in [0, 0.1) is 0 Å². The van der Waals surface area contributed by atoms with Crippen LogP contribution in [-0.4, -0.2) is 52.6 Å². The van der Waals surface area contributed by atoms with E-state index in [4.69, 9.17) is 16.5 Å². The molecule has 9 heteroatoms. The van der Waals surface area contributed by atoms with Gasteiger partial charge in [0.05, 0.1) is 0 Å². The first-order chi connectivity index (χ1) is 8.31. The normalized spacial score (nSPS) is 28.7. The van der Waals surface area contributed by atoms with Gasteiger partial charge in [0.1, 0.15) is 0 Å². The Kier molecular flexibility index (Phi) is 5.09. The van der Waals surface area contributed by atoms with Crippen molar-refractivity contribution in [1.82, 2.24) is 4.57 Å². The van der Waals surface area contributed by atoms with E-state index in [1.807, 2.05) is 0 Å². The summed E-state index contributed by atoms with van der Waals surface area (Å²) in [6.07, 6.45) is 0. The first kappa shape index (κ1) is 17.7. The van der Waals surface area contributed by atoms with Gasteiger partial charge < -0.3 is 16.5 Å². The van der Waals surface area contributed by atoms with Crippen molar-refractivity contribution in [2.75, 3.05) is 13.6 Å². The Morgan fingerprint density at radius 1 is 0.684 bits per heavy atom. The highest BCUT2D eigenvalue weighted by Gasteiger charge is 2.54. The first-order valence-corrected chi connectivity index (χ1v) is 17.5. The number of hydrogen-bond acceptors (Lipinski definition) is 5. The smallest absolute Gasteiger partial charge is 0.406 e. The van der Waals surface area contributed by atoms with Crippen LogP contribution in [0.3, 0.4) is 0 Å². The van der Waals surface area contributed by atoms with E-state index < -0.39 is 34.4 Å². The minimum Gasteiger partial charge on any atom is -0.416 e. The SMILES string of the molecule is CCN(C)[Si]1(C)O[Si](C)(C)O[Si](C)(C)O[Si](C)(C)O1. The maximum Gasteiger partial charge on any atom is 0.406 e. The molecule has 19 heavy (non-hydrogen) atoms. The molecule has 0 atom stereocenters. The minimum absolute atomic E-state index is 0.901. The lowest BCUT2D eigenvalue weighted by Crippen LogP contribution is -2.69. The number of hydrogen-bond donors (Lipinski definition) is 0. The van der Waals surface area contributed by atoms with E-state index in [1.54, 1.807) is 0 Å². The summed E-state index contributed by atoms with van der Waals surface area (Å²) in [4.78, 5) is 0. The van der Waals surface area contributed by atoms with Gasteiger partial charge in [-0.15, -0.1) is 0 Å². The molecule has 114 valence electrons. The van der Waals surface area contributed by atoms with E-state index in [2.05, 4.69) is 64.4 Å². The van der Waals surface area contributed by atoms with Crippen molar-refractivity contribution >= 4 is 34.4 Å². The van der Waals surface area contributed by atoms with Gasteiger partial charge in [-0.1, -0.05) is 6.92 Å². The molecule has 0 radical (unpaired) electrons. The van der Waals surface area contributed by atoms with Crippen molar-refractivity contribution in [3.63, 3.8) is 0 Å². The molecule has 1 fully saturated rings. The molecule has 1 saturated heterocycles. The second kappa shape index (κ2) is 5.46. The lowest BCUT2D eigenvalue weighted by Gasteiger charge is -2.49. The molecule has 0 aromatic carbocycles. The second-order valence-corrected chi connectivity index (χ2v) is 20.7. The van der Waals surface area contributed by atoms with Gasteiger partial charge in [0, 0.05) is 0 Å². The Labute approximate surface area is 122 Å². The van der Waals surface area contributed by atoms with E-state index in [0.717, 1.165) is 6.54 Å². The second-order valence-electron chi connectivity index (χ2n) is 6.52. The standard InChI is InChI=1S/C10H29NO4Si4/c1-10-11(2)19(9)14-17(5,6)12-16(3,4)13-18(7,8)15-19/h10H2,1-9H3. The average Bonchev–Trinajstić information content (AvgIpc) is 2.07. The molecule has 5 nitrogen and oxygen atoms in total. The van der Waals surface area contributed by atoms with E-state index >= 15 is 0 Å². The molecule has 0 aromatic rings. The average molecular weight is 340 g/mol. The molecule has 1 aliphatic heterocycles. The van der Waals surface area contributed by atoms with Gasteiger partial charge in [0.2, 0.25) is 0 Å². The third-order valence-electron chi connectivity index (χ3n) is 3.02. The van der Waals surface area contributed by atoms with Gasteiger partial charge in [-0.05, 0) is 59.4 Å². The summed E-state index contributed by atoms with van der Waals surface area (Å²) < 4.78 is 27.7. The van der Waals surface area contributed by atoms with Crippen LogP contribution in [0.1, 0.15) is 6.92 Å². The maximum absolute atomic E-state index is 6.44. The molecule has 1 rings (SSSR count). The first-order valence-electron chi connectivity index (χ1n) is 6.83. The highest BCUT2D eigenvalue weighted by atomic mass is 28.5. The molecule has 0 spiro atoms. The van der Waals surface area contributed by atoms with Crippen molar-refractivity contribution < 1.29 is 16.5 Å². The van der Waals surface area contributed by atoms with Crippen LogP contribution in [0.25, 0.3) is 0 Å². The van der Waals surface area contributed by atoms with E-state index in [-0.39, 0.29) is 0 Å². The lowest BCUT2D eigenvalue weighted by molar-refractivity contribution is 0.196. The molecule has 0 N–H and O–H groups in total. The van der Waals surface area contributed by atoms with Crippen LogP contribution in [-0.2, 0) is 16.5 Å². The van der Waals surface area contributed by atoms with Crippen LogP contribution < -0.4 is 0 Å². The summed E-state index contributed by atoms with van der Waals surface area (Å²) in [5, 5.41) is 0. The fourth-order valence-electron chi connectivity index (χ4n) is 2.62. The van der Waals surface area contributed by atoms with Gasteiger partial charge in [-0.3, -0.25) is 4.57 Å². The predicted molar refractivity (Wildman–Crippen MR) is 86.7 cm³/mol. The number of rotatable bonds is 2. The van der Waals surface area contributed by atoms with Crippen LogP contribution in [0.15, 0.2) is 0 Å². The zero-order valence-corrected chi connectivity index (χ0v) is 17.8. The van der Waals surface area contributed by atoms with Crippen LogP contribution in [0.4, 0.5) is 0 Å². The molecule has 0 aliphatic carbocycles. The summed E-state index contributed by atoms with van der Waals surface area (Å²) in [7, 11) is -7.00. The van der Waals surface area contributed by atoms with E-state index in [1.165, 1.54) is 0 Å². The molecule has 0 amide bonds. The highest BCUT2D eigenvalue weighted by Crippen LogP contribution is 2.31. The summed E-state index contributed by atoms with van der Waals surface area (Å²) >= 11 is 0. The Hall–Kier alpha value is 0.668. The van der Waals surface area contributed by atoms with Crippen molar-refractivity contribution in [3.8, 4) is 0 Å². The van der Waals surface area contributed by atoms with Gasteiger partial charge in [0.25, 0.3) is 0 Å². The summed E-state index contributed by atoms with van der Waals surface area (Å²) in [5.74, 6) is 0. The molecule has 1 heterocycles. The fourth-order valence-corrected chi connectivity index (χ4v) is 23.4. The number of nitrogens with zero attached hydrogens (tertiary/aromatic N) is 1. The topological polar surface area (TPSA) is 40.2 Å². The van der Waals surface area contributed by atoms with Gasteiger partial charge >= 0.3 is 34.4 Å². The largest absolute Gasteiger partial charge is 0.416 e. The summed E-state index contributed by atoms with van der Waals surface area (Å²) in [5.41, 5.74) is 0. The fraction of sp³-hybridized carbons (Fsp3) is 1.00. The van der Waals surface area contributed by atoms with Crippen LogP contribution in [0.2, 0.25) is 45.8 Å².